The van der Waals surface area contributed by atoms with Gasteiger partial charge in [-0.1, -0.05) is 19.8 Å². The zero-order chi connectivity index (χ0) is 17.6. The summed E-state index contributed by atoms with van der Waals surface area (Å²) in [7, 11) is 0. The van der Waals surface area contributed by atoms with Crippen molar-refractivity contribution < 1.29 is 33.6 Å². The molecule has 1 N–H and O–H groups in total. The highest BCUT2D eigenvalue weighted by Crippen LogP contribution is 2.32. The fraction of sp³-hybridized carbons (Fsp3) is 0.882. The van der Waals surface area contributed by atoms with E-state index in [1.165, 1.54) is 0 Å². The fourth-order valence-electron chi connectivity index (χ4n) is 2.72. The fourth-order valence-corrected chi connectivity index (χ4v) is 2.72. The molecule has 24 heavy (non-hydrogen) atoms. The van der Waals surface area contributed by atoms with Crippen LogP contribution in [-0.4, -0.2) is 63.3 Å². The Morgan fingerprint density at radius 3 is 1.79 bits per heavy atom. The van der Waals surface area contributed by atoms with Gasteiger partial charge in [-0.3, -0.25) is 9.59 Å². The van der Waals surface area contributed by atoms with Crippen LogP contribution in [0.2, 0.25) is 0 Å². The highest BCUT2D eigenvalue weighted by atomic mass is 16.6. The predicted octanol–water partition coefficient (Wildman–Crippen LogP) is 1.31. The van der Waals surface area contributed by atoms with Gasteiger partial charge in [-0.25, -0.2) is 0 Å². The van der Waals surface area contributed by atoms with Crippen LogP contribution in [0.1, 0.15) is 39.0 Å². The van der Waals surface area contributed by atoms with E-state index in [1.807, 2.05) is 6.92 Å². The number of aliphatic hydroxyl groups is 1. The number of carbonyl (C=O) groups is 2. The molecular weight excluding hydrogens is 316 g/mol. The van der Waals surface area contributed by atoms with Gasteiger partial charge in [0.1, 0.15) is 13.2 Å². The Bertz CT molecular complexity index is 325. The van der Waals surface area contributed by atoms with Crippen LogP contribution in [0.4, 0.5) is 0 Å². The van der Waals surface area contributed by atoms with Crippen LogP contribution < -0.4 is 0 Å². The summed E-state index contributed by atoms with van der Waals surface area (Å²) >= 11 is 0. The monoisotopic (exact) mass is 346 g/mol. The lowest BCUT2D eigenvalue weighted by Crippen LogP contribution is -2.35. The molecule has 1 rings (SSSR count). The number of esters is 2. The lowest BCUT2D eigenvalue weighted by Gasteiger charge is -2.28. The summed E-state index contributed by atoms with van der Waals surface area (Å²) in [4.78, 5) is 24.4. The molecule has 0 heterocycles. The van der Waals surface area contributed by atoms with Gasteiger partial charge in [0.25, 0.3) is 0 Å². The molecule has 2 atom stereocenters. The largest absolute Gasteiger partial charge is 0.463 e. The first-order valence-electron chi connectivity index (χ1n) is 8.80. The summed E-state index contributed by atoms with van der Waals surface area (Å²) in [6, 6.07) is 0. The molecule has 0 amide bonds. The van der Waals surface area contributed by atoms with Gasteiger partial charge in [0, 0.05) is 6.61 Å². The summed E-state index contributed by atoms with van der Waals surface area (Å²) < 4.78 is 20.8. The summed E-state index contributed by atoms with van der Waals surface area (Å²) in [6.07, 6.45) is 4.03. The first-order valence-corrected chi connectivity index (χ1v) is 8.80. The van der Waals surface area contributed by atoms with Gasteiger partial charge >= 0.3 is 11.9 Å². The molecule has 0 bridgehead atoms. The minimum Gasteiger partial charge on any atom is -0.463 e. The summed E-state index contributed by atoms with van der Waals surface area (Å²) in [5.74, 6) is -1.59. The van der Waals surface area contributed by atoms with Crippen molar-refractivity contribution in [3.05, 3.63) is 0 Å². The van der Waals surface area contributed by atoms with E-state index in [-0.39, 0.29) is 45.0 Å². The standard InChI is InChI=1S/C17H30O7/c1-2-8-21-10-12-23-16(19)14-5-3-4-6-15(14)17(20)24-13-11-22-9-7-18/h14-15,18H,2-13H2,1H3. The third-order valence-electron chi connectivity index (χ3n) is 3.90. The van der Waals surface area contributed by atoms with E-state index < -0.39 is 11.8 Å². The molecule has 7 nitrogen and oxygen atoms in total. The van der Waals surface area contributed by atoms with Crippen LogP contribution in [0.5, 0.6) is 0 Å². The lowest BCUT2D eigenvalue weighted by molar-refractivity contribution is -0.164. The van der Waals surface area contributed by atoms with E-state index in [4.69, 9.17) is 24.1 Å². The van der Waals surface area contributed by atoms with Gasteiger partial charge in [0.15, 0.2) is 0 Å². The smallest absolute Gasteiger partial charge is 0.309 e. The molecule has 1 fully saturated rings. The van der Waals surface area contributed by atoms with E-state index in [9.17, 15) is 9.59 Å². The molecule has 1 aliphatic carbocycles. The molecule has 0 aromatic rings. The van der Waals surface area contributed by atoms with Crippen LogP contribution in [0, 0.1) is 11.8 Å². The first-order chi connectivity index (χ1) is 11.7. The Morgan fingerprint density at radius 2 is 1.33 bits per heavy atom. The molecule has 0 spiro atoms. The summed E-state index contributed by atoms with van der Waals surface area (Å²) in [5.41, 5.74) is 0. The van der Waals surface area contributed by atoms with Crippen LogP contribution in [-0.2, 0) is 28.5 Å². The Morgan fingerprint density at radius 1 is 0.833 bits per heavy atom. The number of rotatable bonds is 12. The van der Waals surface area contributed by atoms with Crippen LogP contribution in [0.25, 0.3) is 0 Å². The summed E-state index contributed by atoms with van der Waals surface area (Å²) in [6.45, 7) is 3.77. The Balaban J connectivity index is 2.34. The number of ether oxygens (including phenoxy) is 4. The molecule has 1 aliphatic rings. The van der Waals surface area contributed by atoms with E-state index in [2.05, 4.69) is 0 Å². The molecular formula is C17H30O7. The van der Waals surface area contributed by atoms with Crippen LogP contribution in [0.15, 0.2) is 0 Å². The van der Waals surface area contributed by atoms with Gasteiger partial charge in [-0.2, -0.15) is 0 Å². The van der Waals surface area contributed by atoms with Crippen molar-refractivity contribution in [3.63, 3.8) is 0 Å². The van der Waals surface area contributed by atoms with Crippen molar-refractivity contribution in [2.24, 2.45) is 11.8 Å². The lowest BCUT2D eigenvalue weighted by atomic mass is 9.79. The minimum absolute atomic E-state index is 0.0630. The van der Waals surface area contributed by atoms with Gasteiger partial charge in [0.2, 0.25) is 0 Å². The number of carbonyl (C=O) groups excluding carboxylic acids is 2. The topological polar surface area (TPSA) is 91.3 Å². The molecule has 0 aromatic heterocycles. The highest BCUT2D eigenvalue weighted by molar-refractivity contribution is 5.82. The van der Waals surface area contributed by atoms with E-state index in [0.29, 0.717) is 26.1 Å². The quantitative estimate of drug-likeness (QED) is 0.421. The number of hydrogen-bond acceptors (Lipinski definition) is 7. The molecule has 0 saturated heterocycles. The molecule has 1 saturated carbocycles. The average molecular weight is 346 g/mol. The third-order valence-corrected chi connectivity index (χ3v) is 3.90. The van der Waals surface area contributed by atoms with Gasteiger partial charge in [0.05, 0.1) is 38.3 Å². The van der Waals surface area contributed by atoms with Crippen LogP contribution in [0.3, 0.4) is 0 Å². The zero-order valence-electron chi connectivity index (χ0n) is 14.5. The second-order valence-electron chi connectivity index (χ2n) is 5.78. The average Bonchev–Trinajstić information content (AvgIpc) is 2.61. The normalized spacial score (nSPS) is 20.6. The molecule has 7 heteroatoms. The highest BCUT2D eigenvalue weighted by Gasteiger charge is 2.37. The third kappa shape index (κ3) is 8.08. The zero-order valence-corrected chi connectivity index (χ0v) is 14.5. The Labute approximate surface area is 143 Å². The van der Waals surface area contributed by atoms with E-state index in [1.54, 1.807) is 0 Å². The van der Waals surface area contributed by atoms with Gasteiger partial charge in [-0.05, 0) is 19.3 Å². The minimum atomic E-state index is -0.444. The van der Waals surface area contributed by atoms with Crippen molar-refractivity contribution in [2.45, 2.75) is 39.0 Å². The van der Waals surface area contributed by atoms with Gasteiger partial charge < -0.3 is 24.1 Å². The van der Waals surface area contributed by atoms with Crippen LogP contribution >= 0.6 is 0 Å². The van der Waals surface area contributed by atoms with Crippen molar-refractivity contribution in [3.8, 4) is 0 Å². The van der Waals surface area contributed by atoms with Crippen molar-refractivity contribution in [1.29, 1.82) is 0 Å². The Hall–Kier alpha value is -1.18. The maximum atomic E-state index is 12.2. The van der Waals surface area contributed by atoms with Crippen molar-refractivity contribution in [2.75, 3.05) is 46.2 Å². The van der Waals surface area contributed by atoms with E-state index in [0.717, 1.165) is 19.3 Å². The predicted molar refractivity (Wildman–Crippen MR) is 86.4 cm³/mol. The maximum absolute atomic E-state index is 12.2. The molecule has 0 aromatic carbocycles. The first kappa shape index (κ1) is 20.9. The van der Waals surface area contributed by atoms with Gasteiger partial charge in [-0.15, -0.1) is 0 Å². The second-order valence-corrected chi connectivity index (χ2v) is 5.78. The SMILES string of the molecule is CCCOCCOC(=O)C1CCCCC1C(=O)OCCOCCO. The van der Waals surface area contributed by atoms with Crippen molar-refractivity contribution in [1.82, 2.24) is 0 Å². The molecule has 0 aliphatic heterocycles. The number of hydrogen-bond donors (Lipinski definition) is 1. The molecule has 140 valence electrons. The molecule has 2 unspecified atom stereocenters. The number of aliphatic hydroxyl groups excluding tert-OH is 1. The maximum Gasteiger partial charge on any atom is 0.309 e. The van der Waals surface area contributed by atoms with E-state index >= 15 is 0 Å². The summed E-state index contributed by atoms with van der Waals surface area (Å²) in [5, 5.41) is 8.60. The molecule has 0 radical (unpaired) electrons. The Kier molecular flexibility index (Phi) is 11.4. The second kappa shape index (κ2) is 13.1. The van der Waals surface area contributed by atoms with Crippen molar-refractivity contribution >= 4 is 11.9 Å².